The number of alkyl halides is 3. The predicted molar refractivity (Wildman–Crippen MR) is 170 cm³/mol. The van der Waals surface area contributed by atoms with E-state index in [1.54, 1.807) is 6.92 Å². The number of halogens is 3. The first-order chi connectivity index (χ1) is 23.0. The topological polar surface area (TPSA) is 171 Å². The van der Waals surface area contributed by atoms with Crippen molar-refractivity contribution in [3.63, 3.8) is 0 Å². The summed E-state index contributed by atoms with van der Waals surface area (Å²) in [7, 11) is -5.42. The highest BCUT2D eigenvalue weighted by Crippen LogP contribution is 2.30. The number of rotatable bonds is 14. The lowest BCUT2D eigenvalue weighted by Crippen LogP contribution is -2.37. The number of hydrogen-bond donors (Lipinski definition) is 2. The number of benzene rings is 2. The van der Waals surface area contributed by atoms with Crippen molar-refractivity contribution in [2.24, 2.45) is 0 Å². The first-order valence-corrected chi connectivity index (χ1v) is 16.5. The number of unbranched alkanes of at least 4 members (excludes halogenated alkanes) is 1. The minimum atomic E-state index is -5.42. The van der Waals surface area contributed by atoms with Crippen LogP contribution in [0.3, 0.4) is 0 Å². The maximum Gasteiger partial charge on any atom is 0.511 e. The third kappa shape index (κ3) is 7.91. The number of nitrogens with one attached hydrogen (secondary N) is 2. The van der Waals surface area contributed by atoms with E-state index in [0.29, 0.717) is 35.7 Å². The lowest BCUT2D eigenvalue weighted by atomic mass is 9.96. The highest BCUT2D eigenvalue weighted by Gasteiger charge is 2.45. The summed E-state index contributed by atoms with van der Waals surface area (Å²) in [5.41, 5.74) is -0.826. The van der Waals surface area contributed by atoms with Crippen LogP contribution in [-0.4, -0.2) is 67.2 Å². The fourth-order valence-corrected chi connectivity index (χ4v) is 5.52. The Balaban J connectivity index is 1.34. The number of sulfonamides is 1. The molecular weight excluding hydrogens is 651 g/mol. The average Bonchev–Trinajstić information content (AvgIpc) is 3.61. The molecule has 0 fully saturated rings. The van der Waals surface area contributed by atoms with Gasteiger partial charge in [-0.3, -0.25) is 4.79 Å². The summed E-state index contributed by atoms with van der Waals surface area (Å²) in [4.78, 5) is 27.3. The van der Waals surface area contributed by atoms with Gasteiger partial charge in [-0.25, -0.2) is 32.7 Å². The van der Waals surface area contributed by atoms with E-state index < -0.39 is 22.1 Å². The molecule has 3 heterocycles. The number of aryl methyl sites for hydroxylation is 2. The number of nitrogens with zero attached hydrogens (tertiary/aromatic N) is 7. The molecule has 3 aromatic heterocycles. The monoisotopic (exact) mass is 683 g/mol. The van der Waals surface area contributed by atoms with Gasteiger partial charge in [0.2, 0.25) is 11.8 Å². The molecule has 5 aromatic rings. The van der Waals surface area contributed by atoms with Crippen LogP contribution < -0.4 is 15.0 Å². The smallest absolute Gasteiger partial charge is 0.490 e. The van der Waals surface area contributed by atoms with Gasteiger partial charge in [0.15, 0.2) is 5.75 Å². The van der Waals surface area contributed by atoms with Crippen molar-refractivity contribution >= 4 is 10.0 Å². The van der Waals surface area contributed by atoms with Crippen molar-refractivity contribution in [2.75, 3.05) is 13.2 Å². The summed E-state index contributed by atoms with van der Waals surface area (Å²) in [6.45, 7) is 3.20. The zero-order chi connectivity index (χ0) is 34.3. The molecule has 0 radical (unpaired) electrons. The van der Waals surface area contributed by atoms with Gasteiger partial charge in [-0.2, -0.15) is 18.4 Å². The predicted octanol–water partition coefficient (Wildman–Crippen LogP) is 4.32. The molecule has 0 atom stereocenters. The molecular formula is C31H32F3N9O4S. The molecule has 0 amide bonds. The van der Waals surface area contributed by atoms with E-state index >= 15 is 0 Å². The minimum Gasteiger partial charge on any atom is -0.490 e. The Hall–Kier alpha value is -5.03. The molecule has 2 N–H and O–H groups in total. The lowest BCUT2D eigenvalue weighted by molar-refractivity contribution is -0.0447. The van der Waals surface area contributed by atoms with Crippen molar-refractivity contribution in [1.82, 2.24) is 44.9 Å². The standard InChI is InChI=1S/C31H32F3N9O4S/c1-3-4-10-27-26(17-21-11-13-22(14-12-21)24-8-5-6-9-25(24)28-39-41-42-40-28)29(44)43(20(2)38-27)30-35-18-23(19-36-30)47-16-7-15-37-48(45,46)31(32,33)34/h5-6,8-9,11-14,18-19,37H,3-4,7,10,15-17H2,1-2H3,(H,39,40,41,42). The van der Waals surface area contributed by atoms with E-state index in [9.17, 15) is 26.4 Å². The zero-order valence-corrected chi connectivity index (χ0v) is 26.8. The van der Waals surface area contributed by atoms with Crippen LogP contribution in [0, 0.1) is 6.92 Å². The van der Waals surface area contributed by atoms with Crippen LogP contribution in [0.1, 0.15) is 48.8 Å². The molecule has 0 unspecified atom stereocenters. The Morgan fingerprint density at radius 2 is 1.71 bits per heavy atom. The van der Waals surface area contributed by atoms with Crippen LogP contribution in [-0.2, 0) is 22.9 Å². The largest absolute Gasteiger partial charge is 0.511 e. The fraction of sp³-hybridized carbons (Fsp3) is 0.323. The van der Waals surface area contributed by atoms with Gasteiger partial charge < -0.3 is 4.74 Å². The van der Waals surface area contributed by atoms with Crippen LogP contribution in [0.5, 0.6) is 5.75 Å². The number of hydrogen-bond acceptors (Lipinski definition) is 10. The molecule has 0 aliphatic carbocycles. The molecule has 0 aliphatic heterocycles. The maximum atomic E-state index is 14.0. The van der Waals surface area contributed by atoms with Crippen molar-refractivity contribution in [2.45, 2.75) is 51.5 Å². The van der Waals surface area contributed by atoms with Crippen molar-refractivity contribution in [3.8, 4) is 34.2 Å². The van der Waals surface area contributed by atoms with Crippen LogP contribution >= 0.6 is 0 Å². The third-order valence-electron chi connectivity index (χ3n) is 7.36. The molecule has 48 heavy (non-hydrogen) atoms. The molecule has 0 saturated heterocycles. The van der Waals surface area contributed by atoms with Gasteiger partial charge >= 0.3 is 15.5 Å². The molecule has 5 rings (SSSR count). The Morgan fingerprint density at radius 3 is 2.35 bits per heavy atom. The summed E-state index contributed by atoms with van der Waals surface area (Å²) in [5, 5.41) is 14.4. The van der Waals surface area contributed by atoms with Crippen molar-refractivity contribution in [3.05, 3.63) is 93.9 Å². The summed E-state index contributed by atoms with van der Waals surface area (Å²) >= 11 is 0. The number of aromatic nitrogens is 8. The second-order valence-electron chi connectivity index (χ2n) is 10.7. The minimum absolute atomic E-state index is 0.0333. The Morgan fingerprint density at radius 1 is 1.00 bits per heavy atom. The van der Waals surface area contributed by atoms with E-state index in [-0.39, 0.29) is 30.3 Å². The first kappa shape index (κ1) is 34.3. The number of H-pyrrole nitrogens is 1. The number of tetrazole rings is 1. The molecule has 0 spiro atoms. The highest BCUT2D eigenvalue weighted by atomic mass is 32.2. The Labute approximate surface area is 273 Å². The molecule has 17 heteroatoms. The summed E-state index contributed by atoms with van der Waals surface area (Å²) in [6, 6.07) is 15.6. The lowest BCUT2D eigenvalue weighted by Gasteiger charge is -2.15. The first-order valence-electron chi connectivity index (χ1n) is 15.0. The van der Waals surface area contributed by atoms with Gasteiger partial charge in [0, 0.05) is 24.1 Å². The van der Waals surface area contributed by atoms with Crippen LogP contribution in [0.2, 0.25) is 0 Å². The van der Waals surface area contributed by atoms with Gasteiger partial charge in [-0.15, -0.1) is 10.2 Å². The average molecular weight is 684 g/mol. The van der Waals surface area contributed by atoms with Crippen LogP contribution in [0.15, 0.2) is 65.7 Å². The van der Waals surface area contributed by atoms with E-state index in [0.717, 1.165) is 35.1 Å². The molecule has 0 bridgehead atoms. The second-order valence-corrected chi connectivity index (χ2v) is 12.5. The Kier molecular flexibility index (Phi) is 10.6. The van der Waals surface area contributed by atoms with Gasteiger partial charge in [0.25, 0.3) is 5.56 Å². The van der Waals surface area contributed by atoms with E-state index in [4.69, 9.17) is 9.72 Å². The zero-order valence-electron chi connectivity index (χ0n) is 26.0. The maximum absolute atomic E-state index is 14.0. The van der Waals surface area contributed by atoms with Crippen molar-refractivity contribution in [1.29, 1.82) is 0 Å². The molecule has 0 saturated carbocycles. The third-order valence-corrected chi connectivity index (χ3v) is 8.55. The van der Waals surface area contributed by atoms with Crippen LogP contribution in [0.4, 0.5) is 13.2 Å². The summed E-state index contributed by atoms with van der Waals surface area (Å²) < 4.78 is 67.8. The van der Waals surface area contributed by atoms with E-state index in [2.05, 4.69) is 37.5 Å². The Bertz CT molecular complexity index is 2000. The quantitative estimate of drug-likeness (QED) is 0.161. The van der Waals surface area contributed by atoms with Gasteiger partial charge in [0.05, 0.1) is 24.7 Å². The molecule has 2 aromatic carbocycles. The van der Waals surface area contributed by atoms with Gasteiger partial charge in [-0.1, -0.05) is 61.9 Å². The van der Waals surface area contributed by atoms with Gasteiger partial charge in [-0.05, 0) is 48.1 Å². The molecule has 0 aliphatic rings. The van der Waals surface area contributed by atoms with Crippen LogP contribution in [0.25, 0.3) is 28.5 Å². The van der Waals surface area contributed by atoms with E-state index in [1.807, 2.05) is 48.5 Å². The molecule has 13 nitrogen and oxygen atoms in total. The summed E-state index contributed by atoms with van der Waals surface area (Å²) in [5.74, 6) is 1.16. The summed E-state index contributed by atoms with van der Waals surface area (Å²) in [6.07, 6.45) is 5.36. The van der Waals surface area contributed by atoms with Crippen molar-refractivity contribution < 1.29 is 26.3 Å². The fourth-order valence-electron chi connectivity index (χ4n) is 4.94. The second kappa shape index (κ2) is 14.8. The number of aromatic amines is 1. The highest BCUT2D eigenvalue weighted by molar-refractivity contribution is 7.90. The van der Waals surface area contributed by atoms with E-state index in [1.165, 1.54) is 21.7 Å². The SMILES string of the molecule is CCCCc1nc(C)n(-c2ncc(OCCCNS(=O)(=O)C(F)(F)F)cn2)c(=O)c1Cc1ccc(-c2ccccc2-c2nn[nH]n2)cc1. The van der Waals surface area contributed by atoms with Gasteiger partial charge in [0.1, 0.15) is 5.82 Å². The molecule has 252 valence electrons. The number of ether oxygens (including phenoxy) is 1. The normalized spacial score (nSPS) is 11.9.